The van der Waals surface area contributed by atoms with Gasteiger partial charge in [0.1, 0.15) is 6.23 Å². The fraction of sp³-hybridized carbons (Fsp3) is 0.625. The number of hydrogen-bond donors (Lipinski definition) is 2. The molecule has 0 saturated carbocycles. The van der Waals surface area contributed by atoms with Crippen LogP contribution in [0, 0.1) is 0 Å². The van der Waals surface area contributed by atoms with Gasteiger partial charge < -0.3 is 10.4 Å². The molecule has 1 aliphatic heterocycles. The van der Waals surface area contributed by atoms with Crippen LogP contribution in [0.5, 0.6) is 0 Å². The Morgan fingerprint density at radius 3 is 2.48 bits per heavy atom. The molecule has 118 valence electrons. The number of alkyl halides is 1. The number of nitrogens with zero attached hydrogens (tertiary/aromatic N) is 2. The van der Waals surface area contributed by atoms with Crippen LogP contribution < -0.4 is 5.32 Å². The van der Waals surface area contributed by atoms with Crippen LogP contribution in [0.3, 0.4) is 0 Å². The van der Waals surface area contributed by atoms with Crippen molar-refractivity contribution in [3.8, 4) is 0 Å². The largest absolute Gasteiger partial charge is 0.375 e. The number of likely N-dealkylation sites (N-methyl/N-ethyl adjacent to an activating group) is 1. The molecule has 0 spiro atoms. The maximum absolute atomic E-state index is 10.8. The number of benzene rings is 1. The smallest absolute Gasteiger partial charge is 0.136 e. The summed E-state index contributed by atoms with van der Waals surface area (Å²) in [7, 11) is 1.93. The molecule has 1 aromatic carbocycles. The van der Waals surface area contributed by atoms with E-state index in [0.29, 0.717) is 0 Å². The van der Waals surface area contributed by atoms with Crippen LogP contribution >= 0.6 is 22.6 Å². The minimum absolute atomic E-state index is 0.0316. The Kier molecular flexibility index (Phi) is 7.39. The first-order chi connectivity index (χ1) is 10.3. The molecule has 0 amide bonds. The third-order valence-electron chi connectivity index (χ3n) is 4.15. The molecule has 1 unspecified atom stereocenters. The fourth-order valence-corrected chi connectivity index (χ4v) is 3.72. The maximum Gasteiger partial charge on any atom is 0.136 e. The van der Waals surface area contributed by atoms with Gasteiger partial charge in [-0.15, -0.1) is 0 Å². The highest BCUT2D eigenvalue weighted by Gasteiger charge is 2.29. The molecule has 21 heavy (non-hydrogen) atoms. The third-order valence-corrected chi connectivity index (χ3v) is 4.85. The van der Waals surface area contributed by atoms with Crippen molar-refractivity contribution < 1.29 is 5.11 Å². The minimum atomic E-state index is -0.495. The molecule has 2 rings (SSSR count). The number of hydrazine groups is 1. The van der Waals surface area contributed by atoms with Crippen molar-refractivity contribution in [2.45, 2.75) is 38.0 Å². The summed E-state index contributed by atoms with van der Waals surface area (Å²) in [6, 6.07) is 10.4. The molecule has 0 bridgehead atoms. The van der Waals surface area contributed by atoms with E-state index < -0.39 is 6.23 Å². The molecular formula is C16H26IN3O. The molecule has 1 aromatic rings. The highest BCUT2D eigenvalue weighted by atomic mass is 127. The number of aliphatic hydroxyl groups excluding tert-OH is 1. The van der Waals surface area contributed by atoms with Crippen LogP contribution in [0.25, 0.3) is 0 Å². The summed E-state index contributed by atoms with van der Waals surface area (Å²) in [5.74, 6) is 0. The Balaban J connectivity index is 2.01. The molecule has 1 saturated heterocycles. The molecule has 2 N–H and O–H groups in total. The van der Waals surface area contributed by atoms with Gasteiger partial charge in [0, 0.05) is 13.1 Å². The zero-order chi connectivity index (χ0) is 15.1. The molecule has 1 fully saturated rings. The summed E-state index contributed by atoms with van der Waals surface area (Å²) in [6.45, 7) is 2.11. The van der Waals surface area contributed by atoms with Crippen LogP contribution in [0.2, 0.25) is 0 Å². The normalized spacial score (nSPS) is 19.6. The minimum Gasteiger partial charge on any atom is -0.375 e. The van der Waals surface area contributed by atoms with Gasteiger partial charge in [-0.25, -0.2) is 10.0 Å². The van der Waals surface area contributed by atoms with E-state index in [-0.39, 0.29) is 6.04 Å². The summed E-state index contributed by atoms with van der Waals surface area (Å²) >= 11 is 2.34. The lowest BCUT2D eigenvalue weighted by Crippen LogP contribution is -2.57. The van der Waals surface area contributed by atoms with Gasteiger partial charge in [-0.2, -0.15) is 0 Å². The summed E-state index contributed by atoms with van der Waals surface area (Å²) < 4.78 is 0.811. The highest BCUT2D eigenvalue weighted by Crippen LogP contribution is 2.17. The Morgan fingerprint density at radius 1 is 1.24 bits per heavy atom. The Labute approximate surface area is 141 Å². The molecule has 4 nitrogen and oxygen atoms in total. The fourth-order valence-electron chi connectivity index (χ4n) is 2.88. The van der Waals surface area contributed by atoms with Crippen molar-refractivity contribution in [2.75, 3.05) is 24.7 Å². The van der Waals surface area contributed by atoms with Crippen LogP contribution in [-0.2, 0) is 6.42 Å². The Bertz CT molecular complexity index is 398. The molecular weight excluding hydrogens is 377 g/mol. The number of rotatable bonds is 7. The maximum atomic E-state index is 10.8. The zero-order valence-corrected chi connectivity index (χ0v) is 14.9. The molecule has 1 aliphatic rings. The molecule has 0 aliphatic carbocycles. The molecule has 2 atom stereocenters. The van der Waals surface area contributed by atoms with Crippen LogP contribution in [-0.4, -0.2) is 52.1 Å². The highest BCUT2D eigenvalue weighted by molar-refractivity contribution is 14.1. The second kappa shape index (κ2) is 9.05. The van der Waals surface area contributed by atoms with Gasteiger partial charge in [0.25, 0.3) is 0 Å². The molecule has 1 heterocycles. The predicted molar refractivity (Wildman–Crippen MR) is 95.2 cm³/mol. The average Bonchev–Trinajstić information content (AvgIpc) is 2.55. The first-order valence-corrected chi connectivity index (χ1v) is 9.25. The van der Waals surface area contributed by atoms with Gasteiger partial charge in [0.2, 0.25) is 0 Å². The van der Waals surface area contributed by atoms with E-state index in [0.717, 1.165) is 24.1 Å². The lowest BCUT2D eigenvalue weighted by Gasteiger charge is -2.41. The summed E-state index contributed by atoms with van der Waals surface area (Å²) in [5.41, 5.74) is 1.25. The van der Waals surface area contributed by atoms with Crippen LogP contribution in [0.4, 0.5) is 0 Å². The van der Waals surface area contributed by atoms with E-state index in [1.165, 1.54) is 24.8 Å². The second-order valence-electron chi connectivity index (χ2n) is 5.57. The van der Waals surface area contributed by atoms with E-state index in [1.54, 1.807) is 0 Å². The quantitative estimate of drug-likeness (QED) is 0.317. The number of nitrogens with one attached hydrogen (secondary N) is 1. The first-order valence-electron chi connectivity index (χ1n) is 7.73. The van der Waals surface area contributed by atoms with Crippen LogP contribution in [0.1, 0.15) is 24.8 Å². The van der Waals surface area contributed by atoms with Gasteiger partial charge in [0.15, 0.2) is 0 Å². The topological polar surface area (TPSA) is 38.7 Å². The van der Waals surface area contributed by atoms with Gasteiger partial charge in [-0.3, -0.25) is 0 Å². The van der Waals surface area contributed by atoms with E-state index >= 15 is 0 Å². The number of halogens is 1. The summed E-state index contributed by atoms with van der Waals surface area (Å²) in [6.07, 6.45) is 4.09. The lowest BCUT2D eigenvalue weighted by molar-refractivity contribution is -0.144. The van der Waals surface area contributed by atoms with Gasteiger partial charge in [-0.1, -0.05) is 59.3 Å². The Morgan fingerprint density at radius 2 is 1.90 bits per heavy atom. The predicted octanol–water partition coefficient (Wildman–Crippen LogP) is 2.23. The molecule has 0 aromatic heterocycles. The van der Waals surface area contributed by atoms with E-state index in [4.69, 9.17) is 0 Å². The van der Waals surface area contributed by atoms with Crippen molar-refractivity contribution >= 4 is 22.6 Å². The van der Waals surface area contributed by atoms with Crippen molar-refractivity contribution in [3.05, 3.63) is 35.9 Å². The van der Waals surface area contributed by atoms with Crippen molar-refractivity contribution in [2.24, 2.45) is 0 Å². The van der Waals surface area contributed by atoms with Gasteiger partial charge >= 0.3 is 0 Å². The number of aliphatic hydroxyl groups is 1. The molecule has 5 heteroatoms. The van der Waals surface area contributed by atoms with E-state index in [1.807, 2.05) is 13.1 Å². The zero-order valence-electron chi connectivity index (χ0n) is 12.7. The molecule has 0 radical (unpaired) electrons. The van der Waals surface area contributed by atoms with Crippen molar-refractivity contribution in [1.82, 2.24) is 15.3 Å². The number of hydrogen-bond acceptors (Lipinski definition) is 4. The lowest BCUT2D eigenvalue weighted by atomic mass is 10.0. The SMILES string of the molecule is CN[C@H](Cc1ccccc1)C(O)N(CI)N1CCCCC1. The second-order valence-corrected chi connectivity index (χ2v) is 6.25. The summed E-state index contributed by atoms with van der Waals surface area (Å²) in [4.78, 5) is 0. The van der Waals surface area contributed by atoms with Crippen LogP contribution in [0.15, 0.2) is 30.3 Å². The first kappa shape index (κ1) is 17.1. The van der Waals surface area contributed by atoms with Crippen molar-refractivity contribution in [3.63, 3.8) is 0 Å². The third kappa shape index (κ3) is 4.89. The monoisotopic (exact) mass is 403 g/mol. The standard InChI is InChI=1S/C16H26IN3O/c1-18-15(12-14-8-4-2-5-9-14)16(21)20(13-17)19-10-6-3-7-11-19/h2,4-5,8-9,15-16,18,21H,3,6-7,10-13H2,1H3/t15-,16?/m1/s1. The van der Waals surface area contributed by atoms with E-state index in [9.17, 15) is 5.11 Å². The van der Waals surface area contributed by atoms with Gasteiger partial charge in [-0.05, 0) is 31.9 Å². The average molecular weight is 403 g/mol. The summed E-state index contributed by atoms with van der Waals surface area (Å²) in [5, 5.41) is 18.5. The van der Waals surface area contributed by atoms with E-state index in [2.05, 4.69) is 62.2 Å². The Hall–Kier alpha value is -0.210. The van der Waals surface area contributed by atoms with Crippen molar-refractivity contribution in [1.29, 1.82) is 0 Å². The van der Waals surface area contributed by atoms with Gasteiger partial charge in [0.05, 0.1) is 10.6 Å². The number of piperidine rings is 1.